The van der Waals surface area contributed by atoms with Crippen LogP contribution in [-0.2, 0) is 26.8 Å². The van der Waals surface area contributed by atoms with Crippen molar-refractivity contribution in [1.82, 2.24) is 10.2 Å². The molecule has 0 radical (unpaired) electrons. The van der Waals surface area contributed by atoms with Gasteiger partial charge in [0.25, 0.3) is 0 Å². The lowest BCUT2D eigenvalue weighted by Gasteiger charge is -2.00. The van der Waals surface area contributed by atoms with Crippen molar-refractivity contribution in [2.24, 2.45) is 0 Å². The molecule has 0 aliphatic carbocycles. The second-order valence-corrected chi connectivity index (χ2v) is 7.90. The number of carbonyl (C=O) groups is 1. The van der Waals surface area contributed by atoms with Gasteiger partial charge in [-0.25, -0.2) is 8.42 Å². The molecule has 24 heavy (non-hydrogen) atoms. The van der Waals surface area contributed by atoms with Gasteiger partial charge in [0, 0.05) is 4.88 Å². The summed E-state index contributed by atoms with van der Waals surface area (Å²) in [6, 6.07) is 11.6. The van der Waals surface area contributed by atoms with E-state index in [4.69, 9.17) is 4.42 Å². The maximum atomic E-state index is 12.2. The van der Waals surface area contributed by atoms with Crippen LogP contribution in [0.15, 0.2) is 57.2 Å². The highest BCUT2D eigenvalue weighted by Gasteiger charge is 2.20. The van der Waals surface area contributed by atoms with Crippen molar-refractivity contribution in [2.45, 2.75) is 17.1 Å². The molecule has 3 aromatic rings. The number of rotatable bonds is 6. The van der Waals surface area contributed by atoms with E-state index in [9.17, 15) is 13.2 Å². The first kappa shape index (κ1) is 16.3. The van der Waals surface area contributed by atoms with E-state index in [2.05, 4.69) is 15.5 Å². The number of aromatic nitrogens is 2. The Morgan fingerprint density at radius 1 is 1.12 bits per heavy atom. The third kappa shape index (κ3) is 4.06. The molecule has 1 N–H and O–H groups in total. The first-order valence-corrected chi connectivity index (χ1v) is 9.48. The molecule has 0 saturated carbocycles. The van der Waals surface area contributed by atoms with Gasteiger partial charge in [0.1, 0.15) is 5.75 Å². The van der Waals surface area contributed by atoms with E-state index in [1.807, 2.05) is 17.5 Å². The average molecular weight is 363 g/mol. The van der Waals surface area contributed by atoms with E-state index in [1.54, 1.807) is 18.2 Å². The molecule has 2 heterocycles. The molecule has 0 atom stereocenters. The van der Waals surface area contributed by atoms with Gasteiger partial charge in [-0.1, -0.05) is 29.4 Å². The molecular formula is C15H13N3O4S2. The largest absolute Gasteiger partial charge is 0.407 e. The molecule has 7 nitrogen and oxygen atoms in total. The predicted octanol–water partition coefficient (Wildman–Crippen LogP) is 2.29. The quantitative estimate of drug-likeness (QED) is 0.721. The second-order valence-electron chi connectivity index (χ2n) is 4.88. The maximum Gasteiger partial charge on any atom is 0.322 e. The van der Waals surface area contributed by atoms with Gasteiger partial charge in [0.2, 0.25) is 11.8 Å². The molecule has 2 aromatic heterocycles. The maximum absolute atomic E-state index is 12.2. The molecule has 0 fully saturated rings. The van der Waals surface area contributed by atoms with Crippen molar-refractivity contribution in [3.05, 3.63) is 58.6 Å². The van der Waals surface area contributed by atoms with Gasteiger partial charge in [-0.3, -0.25) is 10.1 Å². The number of nitrogens with zero attached hydrogens (tertiary/aromatic N) is 2. The van der Waals surface area contributed by atoms with Crippen molar-refractivity contribution < 1.29 is 17.6 Å². The first-order chi connectivity index (χ1) is 11.5. The van der Waals surface area contributed by atoms with Crippen LogP contribution in [0.1, 0.15) is 10.8 Å². The molecule has 1 amide bonds. The topological polar surface area (TPSA) is 102 Å². The Morgan fingerprint density at radius 3 is 2.62 bits per heavy atom. The number of nitrogens with one attached hydrogen (secondary N) is 1. The summed E-state index contributed by atoms with van der Waals surface area (Å²) in [4.78, 5) is 12.9. The highest BCUT2D eigenvalue weighted by atomic mass is 32.2. The Hall–Kier alpha value is -2.52. The normalized spacial score (nSPS) is 11.3. The van der Waals surface area contributed by atoms with Crippen LogP contribution in [0.4, 0.5) is 6.01 Å². The number of thiophene rings is 1. The molecule has 3 rings (SSSR count). The monoisotopic (exact) mass is 363 g/mol. The van der Waals surface area contributed by atoms with Crippen LogP contribution in [0.2, 0.25) is 0 Å². The van der Waals surface area contributed by atoms with Gasteiger partial charge in [-0.2, -0.15) is 0 Å². The minimum atomic E-state index is -3.58. The fraction of sp³-hybridized carbons (Fsp3) is 0.133. The lowest BCUT2D eigenvalue weighted by atomic mass is 10.3. The Morgan fingerprint density at radius 2 is 1.92 bits per heavy atom. The molecule has 0 aliphatic rings. The number of anilines is 1. The number of sulfone groups is 1. The van der Waals surface area contributed by atoms with Gasteiger partial charge in [0.05, 0.1) is 11.3 Å². The average Bonchev–Trinajstić information content (AvgIpc) is 3.20. The van der Waals surface area contributed by atoms with Crippen LogP contribution < -0.4 is 5.32 Å². The summed E-state index contributed by atoms with van der Waals surface area (Å²) < 4.78 is 29.7. The van der Waals surface area contributed by atoms with Crippen LogP contribution in [0.3, 0.4) is 0 Å². The van der Waals surface area contributed by atoms with E-state index >= 15 is 0 Å². The second kappa shape index (κ2) is 6.93. The standard InChI is InChI=1S/C15H13N3O4S2/c19-13(9-11-5-4-8-23-11)16-15-18-17-14(22-15)10-24(20,21)12-6-2-1-3-7-12/h1-8H,9-10H2,(H,16,18,19). The summed E-state index contributed by atoms with van der Waals surface area (Å²) in [7, 11) is -3.58. The molecule has 1 aromatic carbocycles. The summed E-state index contributed by atoms with van der Waals surface area (Å²) in [5.41, 5.74) is 0. The number of carbonyl (C=O) groups excluding carboxylic acids is 1. The number of benzene rings is 1. The third-order valence-corrected chi connectivity index (χ3v) is 5.54. The molecule has 9 heteroatoms. The fourth-order valence-electron chi connectivity index (χ4n) is 1.97. The van der Waals surface area contributed by atoms with E-state index in [0.717, 1.165) is 4.88 Å². The van der Waals surface area contributed by atoms with Crippen molar-refractivity contribution in [3.8, 4) is 0 Å². The molecule has 0 saturated heterocycles. The number of hydrogen-bond acceptors (Lipinski definition) is 7. The van der Waals surface area contributed by atoms with Crippen molar-refractivity contribution in [1.29, 1.82) is 0 Å². The predicted molar refractivity (Wildman–Crippen MR) is 88.3 cm³/mol. The SMILES string of the molecule is O=C(Cc1cccs1)Nc1nnc(CS(=O)(=O)c2ccccc2)o1. The zero-order chi connectivity index (χ0) is 17.0. The Labute approximate surface area is 142 Å². The molecular weight excluding hydrogens is 350 g/mol. The van der Waals surface area contributed by atoms with Crippen LogP contribution >= 0.6 is 11.3 Å². The van der Waals surface area contributed by atoms with Gasteiger partial charge in [0.15, 0.2) is 9.84 Å². The van der Waals surface area contributed by atoms with Crippen molar-refractivity contribution in [2.75, 3.05) is 5.32 Å². The summed E-state index contributed by atoms with van der Waals surface area (Å²) >= 11 is 1.47. The first-order valence-electron chi connectivity index (χ1n) is 6.95. The Bertz CT molecular complexity index is 919. The molecule has 0 spiro atoms. The van der Waals surface area contributed by atoms with Crippen LogP contribution in [0, 0.1) is 0 Å². The summed E-state index contributed by atoms with van der Waals surface area (Å²) in [6.45, 7) is 0. The zero-order valence-electron chi connectivity index (χ0n) is 12.4. The van der Waals surface area contributed by atoms with Crippen molar-refractivity contribution in [3.63, 3.8) is 0 Å². The minimum Gasteiger partial charge on any atom is -0.407 e. The van der Waals surface area contributed by atoms with Crippen molar-refractivity contribution >= 4 is 33.1 Å². The molecule has 0 unspecified atom stereocenters. The lowest BCUT2D eigenvalue weighted by Crippen LogP contribution is -2.13. The van der Waals surface area contributed by atoms with E-state index in [0.29, 0.717) is 0 Å². The highest BCUT2D eigenvalue weighted by Crippen LogP contribution is 2.17. The molecule has 0 aliphatic heterocycles. The number of amides is 1. The summed E-state index contributed by atoms with van der Waals surface area (Å²) in [5, 5.41) is 11.7. The van der Waals surface area contributed by atoms with E-state index in [1.165, 1.54) is 23.5 Å². The van der Waals surface area contributed by atoms with Gasteiger partial charge in [-0.15, -0.1) is 16.4 Å². The van der Waals surface area contributed by atoms with Gasteiger partial charge in [-0.05, 0) is 23.6 Å². The summed E-state index contributed by atoms with van der Waals surface area (Å²) in [5.74, 6) is -0.811. The van der Waals surface area contributed by atoms with Gasteiger partial charge >= 0.3 is 6.01 Å². The highest BCUT2D eigenvalue weighted by molar-refractivity contribution is 7.90. The Kier molecular flexibility index (Phi) is 4.72. The molecule has 0 bridgehead atoms. The number of hydrogen-bond donors (Lipinski definition) is 1. The summed E-state index contributed by atoms with van der Waals surface area (Å²) in [6.07, 6.45) is 0.192. The minimum absolute atomic E-state index is 0.0784. The lowest BCUT2D eigenvalue weighted by molar-refractivity contribution is -0.115. The van der Waals surface area contributed by atoms with Crippen LogP contribution in [0.25, 0.3) is 0 Å². The zero-order valence-corrected chi connectivity index (χ0v) is 14.0. The Balaban J connectivity index is 1.64. The molecule has 124 valence electrons. The van der Waals surface area contributed by atoms with Crippen LogP contribution in [0.5, 0.6) is 0 Å². The van der Waals surface area contributed by atoms with E-state index < -0.39 is 15.6 Å². The van der Waals surface area contributed by atoms with Gasteiger partial charge < -0.3 is 4.42 Å². The van der Waals surface area contributed by atoms with E-state index in [-0.39, 0.29) is 29.1 Å². The fourth-order valence-corrected chi connectivity index (χ4v) is 3.85. The smallest absolute Gasteiger partial charge is 0.322 e. The van der Waals surface area contributed by atoms with Crippen LogP contribution in [-0.4, -0.2) is 24.5 Å². The third-order valence-electron chi connectivity index (χ3n) is 3.04.